The number of aliphatic hydroxyl groups is 1. The number of halogens is 2. The Morgan fingerprint density at radius 2 is 1.85 bits per heavy atom. The van der Waals surface area contributed by atoms with Crippen LogP contribution in [0.25, 0.3) is 21.9 Å². The Hall–Kier alpha value is -2.53. The molecule has 4 rings (SSSR count). The van der Waals surface area contributed by atoms with Gasteiger partial charge in [-0.1, -0.05) is 36.4 Å². The number of nitrogens with zero attached hydrogens (tertiary/aromatic N) is 1. The van der Waals surface area contributed by atoms with Gasteiger partial charge in [0.15, 0.2) is 0 Å². The lowest BCUT2D eigenvalue weighted by Gasteiger charge is -2.21. The molecule has 27 heavy (non-hydrogen) atoms. The summed E-state index contributed by atoms with van der Waals surface area (Å²) in [5, 5.41) is 10.7. The van der Waals surface area contributed by atoms with Crippen LogP contribution in [0.5, 0.6) is 0 Å². The highest BCUT2D eigenvalue weighted by Crippen LogP contribution is 2.40. The number of pyridine rings is 1. The minimum atomic E-state index is -2.99. The van der Waals surface area contributed by atoms with Crippen molar-refractivity contribution in [1.29, 1.82) is 0 Å². The Labute approximate surface area is 155 Å². The number of aliphatic hydroxyl groups excluding tert-OH is 1. The first-order valence-electron chi connectivity index (χ1n) is 9.13. The van der Waals surface area contributed by atoms with Gasteiger partial charge in [0.2, 0.25) is 0 Å². The first kappa shape index (κ1) is 17.9. The van der Waals surface area contributed by atoms with E-state index < -0.39 is 5.92 Å². The van der Waals surface area contributed by atoms with Gasteiger partial charge >= 0.3 is 0 Å². The molecule has 5 heteroatoms. The lowest BCUT2D eigenvalue weighted by atomic mass is 9.97. The quantitative estimate of drug-likeness (QED) is 0.707. The molecule has 140 valence electrons. The van der Waals surface area contributed by atoms with E-state index in [1.54, 1.807) is 10.8 Å². The smallest absolute Gasteiger partial charge is 0.270 e. The summed E-state index contributed by atoms with van der Waals surface area (Å²) in [5.74, 6) is -2.70. The molecule has 3 aromatic rings. The normalized spacial score (nSPS) is 15.9. The summed E-state index contributed by atoms with van der Waals surface area (Å²) in [6.45, 7) is 0.738. The number of hydrogen-bond donors (Lipinski definition) is 1. The van der Waals surface area contributed by atoms with Gasteiger partial charge in [-0.25, -0.2) is 8.78 Å². The number of fused-ring (bicyclic) bond motifs is 1. The molecular formula is C22H21F2NO2. The first-order chi connectivity index (χ1) is 12.9. The maximum absolute atomic E-state index is 13.9. The van der Waals surface area contributed by atoms with E-state index in [2.05, 4.69) is 0 Å². The van der Waals surface area contributed by atoms with Crippen LogP contribution < -0.4 is 5.56 Å². The van der Waals surface area contributed by atoms with Gasteiger partial charge in [0.25, 0.3) is 11.5 Å². The van der Waals surface area contributed by atoms with Gasteiger partial charge in [0.1, 0.15) is 0 Å². The Kier molecular flexibility index (Phi) is 4.35. The second-order valence-corrected chi connectivity index (χ2v) is 7.36. The van der Waals surface area contributed by atoms with Crippen LogP contribution in [-0.2, 0) is 5.92 Å². The summed E-state index contributed by atoms with van der Waals surface area (Å²) in [4.78, 5) is 13.1. The van der Waals surface area contributed by atoms with Crippen molar-refractivity contribution in [2.45, 2.75) is 31.7 Å². The number of aromatic nitrogens is 1. The molecule has 1 saturated carbocycles. The Bertz CT molecular complexity index is 1030. The zero-order chi connectivity index (χ0) is 19.2. The Morgan fingerprint density at radius 3 is 2.44 bits per heavy atom. The van der Waals surface area contributed by atoms with Crippen LogP contribution in [-0.4, -0.2) is 16.3 Å². The highest BCUT2D eigenvalue weighted by molar-refractivity contribution is 5.96. The minimum Gasteiger partial charge on any atom is -0.394 e. The Balaban J connectivity index is 2.03. The number of rotatable bonds is 5. The average Bonchev–Trinajstić information content (AvgIpc) is 3.49. The van der Waals surface area contributed by atoms with Crippen molar-refractivity contribution in [3.05, 3.63) is 70.6 Å². The van der Waals surface area contributed by atoms with Crippen LogP contribution in [0.4, 0.5) is 8.78 Å². The number of hydrogen-bond acceptors (Lipinski definition) is 2. The van der Waals surface area contributed by atoms with Gasteiger partial charge in [-0.15, -0.1) is 0 Å². The molecule has 0 saturated heterocycles. The Morgan fingerprint density at radius 1 is 1.15 bits per heavy atom. The minimum absolute atomic E-state index is 0.116. The molecule has 0 bridgehead atoms. The van der Waals surface area contributed by atoms with Crippen molar-refractivity contribution < 1.29 is 13.9 Å². The van der Waals surface area contributed by atoms with E-state index in [1.807, 2.05) is 30.3 Å². The van der Waals surface area contributed by atoms with Crippen molar-refractivity contribution >= 4 is 10.8 Å². The van der Waals surface area contributed by atoms with Crippen molar-refractivity contribution in [2.24, 2.45) is 5.92 Å². The number of alkyl halides is 2. The molecule has 1 aliphatic carbocycles. The third-order valence-electron chi connectivity index (χ3n) is 5.35. The lowest BCUT2D eigenvalue weighted by molar-refractivity contribution is 0.0176. The van der Waals surface area contributed by atoms with E-state index in [1.165, 1.54) is 18.2 Å². The molecule has 1 aliphatic rings. The number of benzene rings is 2. The molecule has 0 radical (unpaired) electrons. The maximum atomic E-state index is 13.9. The van der Waals surface area contributed by atoms with Crippen LogP contribution in [0.2, 0.25) is 0 Å². The van der Waals surface area contributed by atoms with Gasteiger partial charge < -0.3 is 9.67 Å². The van der Waals surface area contributed by atoms with Crippen LogP contribution in [0.15, 0.2) is 59.5 Å². The molecule has 1 heterocycles. The first-order valence-corrected chi connectivity index (χ1v) is 9.13. The molecule has 2 aromatic carbocycles. The van der Waals surface area contributed by atoms with E-state index in [0.29, 0.717) is 10.8 Å². The lowest BCUT2D eigenvalue weighted by Crippen LogP contribution is -2.28. The van der Waals surface area contributed by atoms with Gasteiger partial charge in [0, 0.05) is 29.6 Å². The maximum Gasteiger partial charge on any atom is 0.270 e. The predicted octanol–water partition coefficient (Wildman–Crippen LogP) is 4.72. The summed E-state index contributed by atoms with van der Waals surface area (Å²) < 4.78 is 29.3. The largest absolute Gasteiger partial charge is 0.394 e. The summed E-state index contributed by atoms with van der Waals surface area (Å²) >= 11 is 0. The van der Waals surface area contributed by atoms with Crippen molar-refractivity contribution in [2.75, 3.05) is 6.61 Å². The molecule has 1 N–H and O–H groups in total. The summed E-state index contributed by atoms with van der Waals surface area (Å²) in [6.07, 6.45) is 3.69. The van der Waals surface area contributed by atoms with Crippen LogP contribution in [0.1, 0.15) is 31.4 Å². The van der Waals surface area contributed by atoms with Crippen molar-refractivity contribution in [1.82, 2.24) is 4.57 Å². The third kappa shape index (κ3) is 3.28. The van der Waals surface area contributed by atoms with Gasteiger partial charge in [0.05, 0.1) is 12.6 Å². The predicted molar refractivity (Wildman–Crippen MR) is 102 cm³/mol. The summed E-state index contributed by atoms with van der Waals surface area (Å²) in [5.41, 5.74) is 1.20. The van der Waals surface area contributed by atoms with Gasteiger partial charge in [-0.3, -0.25) is 4.79 Å². The standard InChI is InChI=1S/C22H21F2NO2/c1-22(23,24)16-9-10-17-18(11-16)19(14-5-3-2-4-6-14)12-25(21(17)27)20(13-26)15-7-8-15/h2-6,9-12,15,20,26H,7-8,13H2,1H3. The fraction of sp³-hybridized carbons (Fsp3) is 0.318. The van der Waals surface area contributed by atoms with Gasteiger partial charge in [-0.05, 0) is 41.8 Å². The van der Waals surface area contributed by atoms with Gasteiger partial charge in [-0.2, -0.15) is 0 Å². The summed E-state index contributed by atoms with van der Waals surface area (Å²) in [6, 6.07) is 13.3. The topological polar surface area (TPSA) is 42.2 Å². The monoisotopic (exact) mass is 369 g/mol. The fourth-order valence-electron chi connectivity index (χ4n) is 3.67. The van der Waals surface area contributed by atoms with Crippen molar-refractivity contribution in [3.8, 4) is 11.1 Å². The second-order valence-electron chi connectivity index (χ2n) is 7.36. The molecule has 0 amide bonds. The molecule has 1 atom stereocenters. The summed E-state index contributed by atoms with van der Waals surface area (Å²) in [7, 11) is 0. The molecule has 3 nitrogen and oxygen atoms in total. The zero-order valence-electron chi connectivity index (χ0n) is 15.0. The molecule has 1 fully saturated rings. The van der Waals surface area contributed by atoms with E-state index in [9.17, 15) is 18.7 Å². The molecule has 0 spiro atoms. The molecule has 1 aromatic heterocycles. The van der Waals surface area contributed by atoms with E-state index in [4.69, 9.17) is 0 Å². The molecular weight excluding hydrogens is 348 g/mol. The van der Waals surface area contributed by atoms with Crippen molar-refractivity contribution in [3.63, 3.8) is 0 Å². The van der Waals surface area contributed by atoms with Crippen LogP contribution in [0.3, 0.4) is 0 Å². The van der Waals surface area contributed by atoms with Crippen LogP contribution in [0, 0.1) is 5.92 Å². The average molecular weight is 369 g/mol. The third-order valence-corrected chi connectivity index (χ3v) is 5.35. The van der Waals surface area contributed by atoms with Crippen LogP contribution >= 0.6 is 0 Å². The molecule has 0 aliphatic heterocycles. The molecule has 1 unspecified atom stereocenters. The van der Waals surface area contributed by atoms with E-state index in [-0.39, 0.29) is 29.7 Å². The zero-order valence-corrected chi connectivity index (χ0v) is 15.0. The highest BCUT2D eigenvalue weighted by Gasteiger charge is 2.33. The van der Waals surface area contributed by atoms with E-state index in [0.717, 1.165) is 30.9 Å². The SMILES string of the molecule is CC(F)(F)c1ccc2c(=O)n(C(CO)C3CC3)cc(-c3ccccc3)c2c1. The highest BCUT2D eigenvalue weighted by atomic mass is 19.3. The van der Waals surface area contributed by atoms with E-state index >= 15 is 0 Å². The second kappa shape index (κ2) is 6.57. The fourth-order valence-corrected chi connectivity index (χ4v) is 3.67.